The fourth-order valence-electron chi connectivity index (χ4n) is 6.74. The Bertz CT molecular complexity index is 2140. The van der Waals surface area contributed by atoms with E-state index in [1.807, 2.05) is 60.2 Å². The molecular formula is C38H38F2N6O4S. The van der Waals surface area contributed by atoms with Crippen LogP contribution >= 0.6 is 11.3 Å². The summed E-state index contributed by atoms with van der Waals surface area (Å²) >= 11 is 1.40. The lowest BCUT2D eigenvalue weighted by Gasteiger charge is -2.42. The molecule has 5 aromatic rings. The quantitative estimate of drug-likeness (QED) is 0.125. The average Bonchev–Trinajstić information content (AvgIpc) is 3.76. The third-order valence-electron chi connectivity index (χ3n) is 9.67. The van der Waals surface area contributed by atoms with Crippen molar-refractivity contribution in [1.29, 1.82) is 0 Å². The number of pyridine rings is 1. The van der Waals surface area contributed by atoms with Gasteiger partial charge in [0.1, 0.15) is 35.4 Å². The number of rotatable bonds is 10. The molecule has 0 bridgehead atoms. The number of likely N-dealkylation sites (tertiary alicyclic amines) is 1. The standard InChI is InChI=1S/C38H38F2N6O4S/c1-6-32(47)45-12-13-46-30(22(45)2)19-29(42-46)36-34(33-28(40)17-25(39)18-31(33)50-15-14-49-5)37-27(11-16-51-37)35(41-36)23-7-9-24(10-8-23)38(48)44-20-26(21-44)43(3)4/h6-11,16-19,22,26H,1,12-15,20-21H2,2-5H3/t22-/m1/s1. The second-order valence-electron chi connectivity index (χ2n) is 12.9. The number of methoxy groups -OCH3 is 1. The second-order valence-corrected chi connectivity index (χ2v) is 13.9. The first-order valence-corrected chi connectivity index (χ1v) is 17.6. The van der Waals surface area contributed by atoms with E-state index in [4.69, 9.17) is 19.6 Å². The van der Waals surface area contributed by atoms with Crippen molar-refractivity contribution in [3.05, 3.63) is 89.5 Å². The van der Waals surface area contributed by atoms with Crippen molar-refractivity contribution in [2.75, 3.05) is 54.1 Å². The summed E-state index contributed by atoms with van der Waals surface area (Å²) in [7, 11) is 5.54. The maximum atomic E-state index is 16.1. The first-order valence-electron chi connectivity index (χ1n) is 16.7. The van der Waals surface area contributed by atoms with Gasteiger partial charge in [-0.3, -0.25) is 14.3 Å². The Labute approximate surface area is 298 Å². The van der Waals surface area contributed by atoms with Gasteiger partial charge in [-0.25, -0.2) is 13.8 Å². The monoisotopic (exact) mass is 712 g/mol. The van der Waals surface area contributed by atoms with Gasteiger partial charge in [0.25, 0.3) is 5.91 Å². The van der Waals surface area contributed by atoms with Crippen molar-refractivity contribution in [3.63, 3.8) is 0 Å². The van der Waals surface area contributed by atoms with E-state index in [2.05, 4.69) is 11.5 Å². The molecule has 1 saturated heterocycles. The summed E-state index contributed by atoms with van der Waals surface area (Å²) < 4.78 is 44.4. The van der Waals surface area contributed by atoms with E-state index in [-0.39, 0.29) is 42.4 Å². The molecule has 1 fully saturated rings. The van der Waals surface area contributed by atoms with Gasteiger partial charge >= 0.3 is 0 Å². The minimum Gasteiger partial charge on any atom is -0.490 e. The first-order chi connectivity index (χ1) is 24.6. The summed E-state index contributed by atoms with van der Waals surface area (Å²) in [4.78, 5) is 36.7. The molecule has 0 aliphatic carbocycles. The van der Waals surface area contributed by atoms with Crippen LogP contribution < -0.4 is 4.74 Å². The Morgan fingerprint density at radius 2 is 1.80 bits per heavy atom. The van der Waals surface area contributed by atoms with Crippen LogP contribution in [0.3, 0.4) is 0 Å². The van der Waals surface area contributed by atoms with Crippen molar-refractivity contribution in [1.82, 2.24) is 29.5 Å². The van der Waals surface area contributed by atoms with E-state index in [0.29, 0.717) is 65.1 Å². The molecule has 2 aliphatic rings. The zero-order valence-corrected chi connectivity index (χ0v) is 29.7. The Balaban J connectivity index is 1.38. The molecule has 0 radical (unpaired) electrons. The van der Waals surface area contributed by atoms with Crippen LogP contribution in [0.4, 0.5) is 8.78 Å². The van der Waals surface area contributed by atoms with Gasteiger partial charge in [0.05, 0.1) is 36.1 Å². The topological polar surface area (TPSA) is 93.0 Å². The summed E-state index contributed by atoms with van der Waals surface area (Å²) in [5.74, 6) is -1.78. The summed E-state index contributed by atoms with van der Waals surface area (Å²) in [6, 6.07) is 13.2. The number of nitrogens with zero attached hydrogens (tertiary/aromatic N) is 6. The Kier molecular flexibility index (Phi) is 9.44. The van der Waals surface area contributed by atoms with E-state index in [1.165, 1.54) is 30.6 Å². The first kappa shape index (κ1) is 34.5. The number of carbonyl (C=O) groups excluding carboxylic acids is 2. The minimum atomic E-state index is -0.807. The van der Waals surface area contributed by atoms with Crippen LogP contribution in [-0.2, 0) is 16.1 Å². The number of hydrogen-bond donors (Lipinski definition) is 0. The Hall–Kier alpha value is -4.98. The van der Waals surface area contributed by atoms with Crippen LogP contribution in [0.15, 0.2) is 66.6 Å². The highest BCUT2D eigenvalue weighted by atomic mass is 32.1. The number of carbonyl (C=O) groups is 2. The molecule has 2 aromatic carbocycles. The lowest BCUT2D eigenvalue weighted by atomic mass is 9.96. The van der Waals surface area contributed by atoms with Crippen molar-refractivity contribution in [2.24, 2.45) is 0 Å². The summed E-state index contributed by atoms with van der Waals surface area (Å²) in [6.07, 6.45) is 1.30. The zero-order valence-electron chi connectivity index (χ0n) is 28.9. The number of aromatic nitrogens is 3. The van der Waals surface area contributed by atoms with Crippen LogP contribution in [0.25, 0.3) is 43.9 Å². The largest absolute Gasteiger partial charge is 0.490 e. The number of thiophene rings is 1. The number of amides is 2. The van der Waals surface area contributed by atoms with Crippen LogP contribution in [0.1, 0.15) is 29.0 Å². The zero-order chi connectivity index (χ0) is 36.0. The van der Waals surface area contributed by atoms with Gasteiger partial charge in [0, 0.05) is 71.7 Å². The molecule has 7 rings (SSSR count). The van der Waals surface area contributed by atoms with Crippen LogP contribution in [0, 0.1) is 11.6 Å². The van der Waals surface area contributed by atoms with Crippen molar-refractivity contribution in [3.8, 4) is 39.5 Å². The normalized spacial score (nSPS) is 16.0. The highest BCUT2D eigenvalue weighted by Crippen LogP contribution is 2.47. The van der Waals surface area contributed by atoms with Gasteiger partial charge < -0.3 is 24.2 Å². The van der Waals surface area contributed by atoms with Crippen molar-refractivity contribution in [2.45, 2.75) is 25.6 Å². The van der Waals surface area contributed by atoms with Gasteiger partial charge in [-0.1, -0.05) is 18.7 Å². The molecule has 264 valence electrons. The number of halogens is 2. The molecule has 1 atom stereocenters. The minimum absolute atomic E-state index is 0.0144. The fraction of sp³-hybridized carbons (Fsp3) is 0.316. The number of hydrogen-bond acceptors (Lipinski definition) is 8. The van der Waals surface area contributed by atoms with E-state index in [0.717, 1.165) is 22.7 Å². The molecular weight excluding hydrogens is 675 g/mol. The van der Waals surface area contributed by atoms with Crippen LogP contribution in [-0.4, -0.2) is 101 Å². The summed E-state index contributed by atoms with van der Waals surface area (Å²) in [6.45, 7) is 8.11. The predicted molar refractivity (Wildman–Crippen MR) is 193 cm³/mol. The molecule has 13 heteroatoms. The number of likely N-dealkylation sites (N-methyl/N-ethyl adjacent to an activating group) is 1. The number of ether oxygens (including phenoxy) is 2. The highest BCUT2D eigenvalue weighted by molar-refractivity contribution is 7.18. The lowest BCUT2D eigenvalue weighted by Crippen LogP contribution is -2.59. The summed E-state index contributed by atoms with van der Waals surface area (Å²) in [5.41, 5.74) is 4.04. The molecule has 0 N–H and O–H groups in total. The Morgan fingerprint density at radius 3 is 2.51 bits per heavy atom. The van der Waals surface area contributed by atoms with Gasteiger partial charge in [-0.05, 0) is 56.7 Å². The molecule has 3 aromatic heterocycles. The molecule has 5 heterocycles. The van der Waals surface area contributed by atoms with Crippen molar-refractivity contribution >= 4 is 33.2 Å². The number of benzene rings is 2. The third kappa shape index (κ3) is 6.30. The summed E-state index contributed by atoms with van der Waals surface area (Å²) in [5, 5.41) is 7.58. The van der Waals surface area contributed by atoms with E-state index in [9.17, 15) is 14.0 Å². The van der Waals surface area contributed by atoms with Gasteiger partial charge in [0.2, 0.25) is 5.91 Å². The predicted octanol–water partition coefficient (Wildman–Crippen LogP) is 6.27. The molecule has 0 unspecified atom stereocenters. The highest BCUT2D eigenvalue weighted by Gasteiger charge is 2.33. The Morgan fingerprint density at radius 1 is 1.04 bits per heavy atom. The fourth-order valence-corrected chi connectivity index (χ4v) is 7.69. The maximum absolute atomic E-state index is 16.1. The van der Waals surface area contributed by atoms with E-state index >= 15 is 4.39 Å². The van der Waals surface area contributed by atoms with Gasteiger partial charge in [-0.2, -0.15) is 5.10 Å². The van der Waals surface area contributed by atoms with Crippen LogP contribution in [0.2, 0.25) is 0 Å². The maximum Gasteiger partial charge on any atom is 0.253 e. The van der Waals surface area contributed by atoms with Crippen LogP contribution in [0.5, 0.6) is 5.75 Å². The van der Waals surface area contributed by atoms with E-state index < -0.39 is 11.6 Å². The molecule has 2 aliphatic heterocycles. The smallest absolute Gasteiger partial charge is 0.253 e. The van der Waals surface area contributed by atoms with Gasteiger partial charge in [-0.15, -0.1) is 11.3 Å². The second kappa shape index (κ2) is 14.0. The molecule has 51 heavy (non-hydrogen) atoms. The molecule has 10 nitrogen and oxygen atoms in total. The van der Waals surface area contributed by atoms with Gasteiger partial charge in [0.15, 0.2) is 0 Å². The van der Waals surface area contributed by atoms with E-state index in [1.54, 1.807) is 17.0 Å². The third-order valence-corrected chi connectivity index (χ3v) is 10.6. The SMILES string of the molecule is C=CC(=O)N1CCn2nc(-c3nc(-c4ccc(C(=O)N5CC(N(C)C)C5)cc4)c4ccsc4c3-c3c(F)cc(F)cc3OCCOC)cc2[C@H]1C. The molecule has 0 spiro atoms. The van der Waals surface area contributed by atoms with Crippen molar-refractivity contribution < 1.29 is 27.8 Å². The lowest BCUT2D eigenvalue weighted by molar-refractivity contribution is -0.129. The molecule has 0 saturated carbocycles. The average molecular weight is 713 g/mol. The number of fused-ring (bicyclic) bond motifs is 2. The molecule has 2 amide bonds.